The normalized spacial score (nSPS) is 18.6. The topological polar surface area (TPSA) is 98.8 Å². The van der Waals surface area contributed by atoms with Gasteiger partial charge in [-0.1, -0.05) is 24.3 Å². The number of hydrogen-bond acceptors (Lipinski definition) is 7. The van der Waals surface area contributed by atoms with Crippen molar-refractivity contribution in [1.29, 1.82) is 0 Å². The summed E-state index contributed by atoms with van der Waals surface area (Å²) in [6, 6.07) is 16.9. The fraction of sp³-hybridized carbons (Fsp3) is 0.281. The predicted octanol–water partition coefficient (Wildman–Crippen LogP) is 5.42. The van der Waals surface area contributed by atoms with Crippen LogP contribution in [-0.2, 0) is 9.59 Å². The Morgan fingerprint density at radius 1 is 0.925 bits per heavy atom. The van der Waals surface area contributed by atoms with E-state index in [4.69, 9.17) is 14.2 Å². The Balaban J connectivity index is 1.58. The van der Waals surface area contributed by atoms with Crippen LogP contribution in [0.1, 0.15) is 48.3 Å². The van der Waals surface area contributed by atoms with Crippen molar-refractivity contribution in [2.24, 2.45) is 0 Å². The highest BCUT2D eigenvalue weighted by Gasteiger charge is 2.42. The monoisotopic (exact) mass is 539 g/mol. The maximum Gasteiger partial charge on any atom is 0.255 e. The van der Waals surface area contributed by atoms with Crippen molar-refractivity contribution in [2.45, 2.75) is 38.5 Å². The summed E-state index contributed by atoms with van der Waals surface area (Å²) < 4.78 is 16.5. The Hall–Kier alpha value is -4.59. The third-order valence-corrected chi connectivity index (χ3v) is 7.56. The highest BCUT2D eigenvalue weighted by atomic mass is 16.5. The molecule has 0 spiro atoms. The number of amides is 1. The predicted molar refractivity (Wildman–Crippen MR) is 153 cm³/mol. The van der Waals surface area contributed by atoms with Gasteiger partial charge < -0.3 is 24.8 Å². The Labute approximate surface area is 234 Å². The SMILES string of the molecule is COc1ccc(C2CC(=O)C3=C(C2)NC(C)=C(C(=O)Nc2ccc(C)cn2)C3c2ccc(OC)cc2OC)cc1. The Morgan fingerprint density at radius 2 is 1.65 bits per heavy atom. The number of methoxy groups -OCH3 is 3. The molecule has 5 rings (SSSR count). The Bertz CT molecular complexity index is 1510. The van der Waals surface area contributed by atoms with Gasteiger partial charge in [0.25, 0.3) is 5.91 Å². The minimum absolute atomic E-state index is 0.00278. The summed E-state index contributed by atoms with van der Waals surface area (Å²) in [6.07, 6.45) is 2.66. The van der Waals surface area contributed by atoms with Gasteiger partial charge in [0.15, 0.2) is 5.78 Å². The van der Waals surface area contributed by atoms with Crippen LogP contribution in [0.2, 0.25) is 0 Å². The first kappa shape index (κ1) is 27.0. The summed E-state index contributed by atoms with van der Waals surface area (Å²) in [7, 11) is 4.79. The smallest absolute Gasteiger partial charge is 0.255 e. The summed E-state index contributed by atoms with van der Waals surface area (Å²) in [6.45, 7) is 3.80. The van der Waals surface area contributed by atoms with E-state index in [1.54, 1.807) is 39.7 Å². The third-order valence-electron chi connectivity index (χ3n) is 7.56. The molecule has 2 N–H and O–H groups in total. The fourth-order valence-electron chi connectivity index (χ4n) is 5.55. The second kappa shape index (κ2) is 11.3. The second-order valence-electron chi connectivity index (χ2n) is 10.1. The number of dihydropyridines is 1. The molecule has 2 heterocycles. The molecule has 0 fully saturated rings. The van der Waals surface area contributed by atoms with Crippen molar-refractivity contribution in [2.75, 3.05) is 26.6 Å². The molecule has 2 aromatic carbocycles. The molecule has 3 aromatic rings. The Kier molecular flexibility index (Phi) is 7.60. The average molecular weight is 540 g/mol. The summed E-state index contributed by atoms with van der Waals surface area (Å²) in [5.74, 6) is 1.39. The van der Waals surface area contributed by atoms with Gasteiger partial charge >= 0.3 is 0 Å². The van der Waals surface area contributed by atoms with E-state index in [1.165, 1.54) is 0 Å². The van der Waals surface area contributed by atoms with Gasteiger partial charge in [0, 0.05) is 46.8 Å². The molecule has 2 aliphatic rings. The molecule has 206 valence electrons. The number of allylic oxidation sites excluding steroid dienone is 3. The number of aryl methyl sites for hydroxylation is 1. The average Bonchev–Trinajstić information content (AvgIpc) is 2.97. The van der Waals surface area contributed by atoms with Crippen molar-refractivity contribution in [3.63, 3.8) is 0 Å². The number of benzene rings is 2. The van der Waals surface area contributed by atoms with Gasteiger partial charge in [0.05, 0.1) is 27.2 Å². The number of nitrogens with one attached hydrogen (secondary N) is 2. The zero-order valence-electron chi connectivity index (χ0n) is 23.3. The van der Waals surface area contributed by atoms with Crippen LogP contribution >= 0.6 is 0 Å². The summed E-state index contributed by atoms with van der Waals surface area (Å²) >= 11 is 0. The van der Waals surface area contributed by atoms with Gasteiger partial charge in [-0.2, -0.15) is 0 Å². The second-order valence-corrected chi connectivity index (χ2v) is 10.1. The minimum atomic E-state index is -0.633. The van der Waals surface area contributed by atoms with Crippen molar-refractivity contribution in [3.8, 4) is 17.2 Å². The molecule has 1 aliphatic carbocycles. The van der Waals surface area contributed by atoms with Crippen LogP contribution in [-0.4, -0.2) is 38.0 Å². The van der Waals surface area contributed by atoms with Crippen LogP contribution in [0.5, 0.6) is 17.2 Å². The van der Waals surface area contributed by atoms with Crippen LogP contribution < -0.4 is 24.8 Å². The van der Waals surface area contributed by atoms with Gasteiger partial charge in [-0.15, -0.1) is 0 Å². The van der Waals surface area contributed by atoms with E-state index < -0.39 is 5.92 Å². The van der Waals surface area contributed by atoms with Gasteiger partial charge in [-0.3, -0.25) is 9.59 Å². The lowest BCUT2D eigenvalue weighted by molar-refractivity contribution is -0.116. The molecule has 40 heavy (non-hydrogen) atoms. The van der Waals surface area contributed by atoms with Crippen LogP contribution in [0.3, 0.4) is 0 Å². The highest BCUT2D eigenvalue weighted by molar-refractivity contribution is 6.09. The standard InChI is InChI=1S/C32H33N3O5/c1-18-6-13-28(33-17-18)35-32(37)29-19(2)34-25-14-21(20-7-9-22(38-3)10-8-20)15-26(36)31(25)30(29)24-12-11-23(39-4)16-27(24)40-5/h6-13,16-17,21,30,34H,14-15H2,1-5H3,(H,33,35,37). The first-order valence-electron chi connectivity index (χ1n) is 13.2. The molecule has 0 saturated carbocycles. The molecule has 0 saturated heterocycles. The zero-order chi connectivity index (χ0) is 28.4. The lowest BCUT2D eigenvalue weighted by Crippen LogP contribution is -2.37. The first-order chi connectivity index (χ1) is 19.3. The van der Waals surface area contributed by atoms with Gasteiger partial charge in [0.2, 0.25) is 0 Å². The largest absolute Gasteiger partial charge is 0.497 e. The van der Waals surface area contributed by atoms with Crippen molar-refractivity contribution < 1.29 is 23.8 Å². The van der Waals surface area contributed by atoms with Gasteiger partial charge in [0.1, 0.15) is 23.1 Å². The number of pyridine rings is 1. The van der Waals surface area contributed by atoms with Crippen LogP contribution in [0.25, 0.3) is 0 Å². The summed E-state index contributed by atoms with van der Waals surface area (Å²) in [4.78, 5) is 32.1. The molecule has 2 atom stereocenters. The number of carbonyl (C=O) groups excluding carboxylic acids is 2. The van der Waals surface area contributed by atoms with E-state index in [1.807, 2.05) is 56.3 Å². The maximum absolute atomic E-state index is 14.0. The number of carbonyl (C=O) groups is 2. The minimum Gasteiger partial charge on any atom is -0.497 e. The van der Waals surface area contributed by atoms with Crippen LogP contribution in [0.15, 0.2) is 83.3 Å². The number of aromatic nitrogens is 1. The lowest BCUT2D eigenvalue weighted by atomic mass is 9.71. The van der Waals surface area contributed by atoms with Crippen LogP contribution in [0.4, 0.5) is 5.82 Å². The molecule has 8 heteroatoms. The third kappa shape index (κ3) is 5.17. The molecular formula is C32H33N3O5. The van der Waals surface area contributed by atoms with Gasteiger partial charge in [-0.25, -0.2) is 4.98 Å². The molecule has 1 aliphatic heterocycles. The number of Topliss-reactive ketones (excluding diaryl/α,β-unsaturated/α-hetero) is 1. The van der Waals surface area contributed by atoms with Crippen LogP contribution in [0, 0.1) is 6.92 Å². The lowest BCUT2D eigenvalue weighted by Gasteiger charge is -2.37. The van der Waals surface area contributed by atoms with Crippen molar-refractivity contribution in [1.82, 2.24) is 10.3 Å². The molecular weight excluding hydrogens is 506 g/mol. The van der Waals surface area contributed by atoms with E-state index in [-0.39, 0.29) is 17.6 Å². The molecule has 8 nitrogen and oxygen atoms in total. The molecule has 1 amide bonds. The van der Waals surface area contributed by atoms with Crippen molar-refractivity contribution in [3.05, 3.63) is 100 Å². The van der Waals surface area contributed by atoms with E-state index in [0.29, 0.717) is 47.0 Å². The quantitative estimate of drug-likeness (QED) is 0.414. The van der Waals surface area contributed by atoms with Gasteiger partial charge in [-0.05, 0) is 61.6 Å². The van der Waals surface area contributed by atoms with E-state index in [2.05, 4.69) is 15.6 Å². The fourth-order valence-corrected chi connectivity index (χ4v) is 5.55. The first-order valence-corrected chi connectivity index (χ1v) is 13.2. The molecule has 2 unspecified atom stereocenters. The van der Waals surface area contributed by atoms with E-state index >= 15 is 0 Å². The van der Waals surface area contributed by atoms with E-state index in [0.717, 1.165) is 28.1 Å². The number of ketones is 1. The summed E-state index contributed by atoms with van der Waals surface area (Å²) in [5.41, 5.74) is 5.30. The molecule has 0 radical (unpaired) electrons. The number of hydrogen-bond donors (Lipinski definition) is 2. The number of anilines is 1. The van der Waals surface area contributed by atoms with Crippen molar-refractivity contribution >= 4 is 17.5 Å². The molecule has 0 bridgehead atoms. The number of nitrogens with zero attached hydrogens (tertiary/aromatic N) is 1. The maximum atomic E-state index is 14.0. The Morgan fingerprint density at radius 3 is 2.30 bits per heavy atom. The number of rotatable bonds is 7. The molecule has 1 aromatic heterocycles. The zero-order valence-corrected chi connectivity index (χ0v) is 23.3. The van der Waals surface area contributed by atoms with E-state index in [9.17, 15) is 9.59 Å². The number of ether oxygens (including phenoxy) is 3. The summed E-state index contributed by atoms with van der Waals surface area (Å²) in [5, 5.41) is 6.35. The highest BCUT2D eigenvalue weighted by Crippen LogP contribution is 2.48.